The normalized spacial score (nSPS) is 25.2. The molecule has 10 heteroatoms. The van der Waals surface area contributed by atoms with Crippen LogP contribution in [0, 0.1) is 0 Å². The molecule has 0 spiro atoms. The van der Waals surface area contributed by atoms with Crippen molar-refractivity contribution in [2.45, 2.75) is 82.0 Å². The summed E-state index contributed by atoms with van der Waals surface area (Å²) in [6, 6.07) is 0.386. The Morgan fingerprint density at radius 2 is 1.97 bits per heavy atom. The quantitative estimate of drug-likeness (QED) is 0.569. The van der Waals surface area contributed by atoms with Crippen LogP contribution in [0.15, 0.2) is 6.33 Å². The van der Waals surface area contributed by atoms with Gasteiger partial charge in [0.2, 0.25) is 17.7 Å². The zero-order valence-electron chi connectivity index (χ0n) is 20.3. The number of primary amides is 1. The topological polar surface area (TPSA) is 122 Å². The Bertz CT molecular complexity index is 1080. The Morgan fingerprint density at radius 1 is 1.23 bits per heavy atom. The third kappa shape index (κ3) is 5.15. The number of likely N-dealkylation sites (N-methyl/N-ethyl adjacent to an activating group) is 1. The second-order valence-electron chi connectivity index (χ2n) is 10.2. The molecule has 35 heavy (non-hydrogen) atoms. The number of nitrogens with zero attached hydrogens (tertiary/aromatic N) is 4. The van der Waals surface area contributed by atoms with Gasteiger partial charge in [-0.2, -0.15) is 0 Å². The Labute approximate surface area is 209 Å². The number of nitrogens with two attached hydrogens (primary N) is 1. The highest BCUT2D eigenvalue weighted by molar-refractivity contribution is 7.19. The lowest BCUT2D eigenvalue weighted by atomic mass is 9.92. The lowest BCUT2D eigenvalue weighted by molar-refractivity contribution is -0.131. The van der Waals surface area contributed by atoms with E-state index in [4.69, 9.17) is 10.5 Å². The van der Waals surface area contributed by atoms with E-state index in [0.29, 0.717) is 24.9 Å². The summed E-state index contributed by atoms with van der Waals surface area (Å²) >= 11 is 1.65. The predicted molar refractivity (Wildman–Crippen MR) is 133 cm³/mol. The highest BCUT2D eigenvalue weighted by Gasteiger charge is 2.34. The van der Waals surface area contributed by atoms with E-state index in [0.717, 1.165) is 80.2 Å². The minimum atomic E-state index is -1.15. The van der Waals surface area contributed by atoms with Gasteiger partial charge in [0, 0.05) is 24.0 Å². The summed E-state index contributed by atoms with van der Waals surface area (Å²) < 4.78 is 6.45. The van der Waals surface area contributed by atoms with E-state index in [2.05, 4.69) is 21.9 Å². The zero-order valence-corrected chi connectivity index (χ0v) is 21.1. The molecule has 3 aliphatic rings. The van der Waals surface area contributed by atoms with Gasteiger partial charge in [0.25, 0.3) is 0 Å². The van der Waals surface area contributed by atoms with Crippen molar-refractivity contribution in [1.29, 1.82) is 0 Å². The number of aliphatic hydroxyl groups excluding tert-OH is 1. The molecular formula is C25H35N5O4S. The van der Waals surface area contributed by atoms with Gasteiger partial charge >= 0.3 is 0 Å². The van der Waals surface area contributed by atoms with Gasteiger partial charge in [-0.1, -0.05) is 0 Å². The van der Waals surface area contributed by atoms with Gasteiger partial charge in [-0.05, 0) is 76.3 Å². The Hall–Kier alpha value is -2.30. The maximum Gasteiger partial charge on any atom is 0.246 e. The molecule has 2 aromatic heterocycles. The van der Waals surface area contributed by atoms with E-state index in [1.165, 1.54) is 4.88 Å². The summed E-state index contributed by atoms with van der Waals surface area (Å²) in [5, 5.41) is 11.0. The van der Waals surface area contributed by atoms with Crippen LogP contribution in [0.1, 0.15) is 67.7 Å². The second kappa shape index (κ2) is 10.4. The molecule has 1 aliphatic heterocycles. The first-order valence-electron chi connectivity index (χ1n) is 12.8. The van der Waals surface area contributed by atoms with Crippen LogP contribution in [0.4, 0.5) is 0 Å². The van der Waals surface area contributed by atoms with Crippen LogP contribution < -0.4 is 10.5 Å². The summed E-state index contributed by atoms with van der Waals surface area (Å²) in [6.07, 6.45) is 8.60. The van der Waals surface area contributed by atoms with Gasteiger partial charge in [-0.3, -0.25) is 14.5 Å². The first kappa shape index (κ1) is 24.4. The van der Waals surface area contributed by atoms with Crippen LogP contribution in [-0.4, -0.2) is 81.6 Å². The van der Waals surface area contributed by atoms with Crippen molar-refractivity contribution >= 4 is 33.4 Å². The third-order valence-corrected chi connectivity index (χ3v) is 9.09. The number of amides is 2. The minimum absolute atomic E-state index is 0.0483. The molecule has 0 bridgehead atoms. The van der Waals surface area contributed by atoms with Gasteiger partial charge < -0.3 is 20.5 Å². The van der Waals surface area contributed by atoms with E-state index in [1.807, 2.05) is 4.90 Å². The standard InChI is InChI=1S/C25H35N5O4S/c1-29(13-20(32)30-10-2-3-11-30)16-5-7-17(8-6-16)34-24-22-21-15(12-18(31)23(26)33)4-9-19(21)35-25(22)28-14-27-24/h14-18,31H,2-13H2,1H3,(H2,26,33)/t15-,16?,17?,18-/m1/s1. The predicted octanol–water partition coefficient (Wildman–Crippen LogP) is 2.20. The number of likely N-dealkylation sites (tertiary alicyclic amines) is 1. The van der Waals surface area contributed by atoms with Crippen molar-refractivity contribution in [2.24, 2.45) is 5.73 Å². The molecule has 2 atom stereocenters. The molecule has 2 amide bonds. The summed E-state index contributed by atoms with van der Waals surface area (Å²) in [5.41, 5.74) is 6.43. The smallest absolute Gasteiger partial charge is 0.246 e. The molecule has 3 heterocycles. The van der Waals surface area contributed by atoms with Gasteiger partial charge in [0.1, 0.15) is 23.4 Å². The first-order chi connectivity index (χ1) is 16.9. The molecule has 1 saturated heterocycles. The fraction of sp³-hybridized carbons (Fsp3) is 0.680. The highest BCUT2D eigenvalue weighted by atomic mass is 32.1. The second-order valence-corrected chi connectivity index (χ2v) is 11.3. The largest absolute Gasteiger partial charge is 0.474 e. The monoisotopic (exact) mass is 501 g/mol. The molecule has 2 aromatic rings. The summed E-state index contributed by atoms with van der Waals surface area (Å²) in [5.74, 6) is 0.213. The highest BCUT2D eigenvalue weighted by Crippen LogP contribution is 2.47. The molecular weight excluding hydrogens is 466 g/mol. The summed E-state index contributed by atoms with van der Waals surface area (Å²) in [6.45, 7) is 2.28. The molecule has 3 N–H and O–H groups in total. The molecule has 2 aliphatic carbocycles. The van der Waals surface area contributed by atoms with Crippen molar-refractivity contribution in [2.75, 3.05) is 26.7 Å². The molecule has 0 aromatic carbocycles. The van der Waals surface area contributed by atoms with Crippen molar-refractivity contribution in [1.82, 2.24) is 19.8 Å². The summed E-state index contributed by atoms with van der Waals surface area (Å²) in [4.78, 5) is 39.3. The van der Waals surface area contributed by atoms with Crippen molar-refractivity contribution in [3.05, 3.63) is 16.8 Å². The van der Waals surface area contributed by atoms with E-state index < -0.39 is 12.0 Å². The van der Waals surface area contributed by atoms with Crippen LogP contribution in [0.25, 0.3) is 10.2 Å². The molecule has 1 saturated carbocycles. The zero-order chi connectivity index (χ0) is 24.5. The number of ether oxygens (including phenoxy) is 1. The Morgan fingerprint density at radius 3 is 2.69 bits per heavy atom. The molecule has 2 fully saturated rings. The van der Waals surface area contributed by atoms with Crippen molar-refractivity contribution in [3.8, 4) is 5.88 Å². The van der Waals surface area contributed by atoms with Crippen LogP contribution >= 0.6 is 11.3 Å². The van der Waals surface area contributed by atoms with Crippen molar-refractivity contribution in [3.63, 3.8) is 0 Å². The average Bonchev–Trinajstić information content (AvgIpc) is 3.58. The maximum absolute atomic E-state index is 12.5. The first-order valence-corrected chi connectivity index (χ1v) is 13.6. The molecule has 5 rings (SSSR count). The number of aryl methyl sites for hydroxylation is 1. The molecule has 9 nitrogen and oxygen atoms in total. The Kier molecular flexibility index (Phi) is 7.22. The SMILES string of the molecule is CN(CC(=O)N1CCCC1)C1CCC(Oc2ncnc3sc4c(c23)[C@@H](C[C@@H](O)C(N)=O)CC4)CC1. The molecule has 190 valence electrons. The van der Waals surface area contributed by atoms with E-state index in [1.54, 1.807) is 17.7 Å². The van der Waals surface area contributed by atoms with Gasteiger partial charge in [0.15, 0.2) is 0 Å². The molecule has 0 radical (unpaired) electrons. The lowest BCUT2D eigenvalue weighted by Crippen LogP contribution is -2.44. The number of aliphatic hydroxyl groups is 1. The number of aromatic nitrogens is 2. The third-order valence-electron chi connectivity index (χ3n) is 7.92. The maximum atomic E-state index is 12.5. The van der Waals surface area contributed by atoms with E-state index >= 15 is 0 Å². The van der Waals surface area contributed by atoms with Crippen molar-refractivity contribution < 1.29 is 19.4 Å². The fourth-order valence-corrected chi connectivity index (χ4v) is 7.15. The lowest BCUT2D eigenvalue weighted by Gasteiger charge is -2.35. The number of carbonyl (C=O) groups is 2. The number of thiophene rings is 1. The van der Waals surface area contributed by atoms with Crippen LogP contribution in [0.2, 0.25) is 0 Å². The fourth-order valence-electron chi connectivity index (χ4n) is 5.92. The van der Waals surface area contributed by atoms with E-state index in [-0.39, 0.29) is 17.9 Å². The number of rotatable bonds is 8. The van der Waals surface area contributed by atoms with Crippen LogP contribution in [0.5, 0.6) is 5.88 Å². The van der Waals surface area contributed by atoms with Crippen LogP contribution in [-0.2, 0) is 16.0 Å². The number of hydrogen-bond donors (Lipinski definition) is 2. The number of fused-ring (bicyclic) bond motifs is 3. The minimum Gasteiger partial charge on any atom is -0.474 e. The average molecular weight is 502 g/mol. The number of hydrogen-bond acceptors (Lipinski definition) is 8. The Balaban J connectivity index is 1.23. The van der Waals surface area contributed by atoms with Gasteiger partial charge in [-0.15, -0.1) is 11.3 Å². The van der Waals surface area contributed by atoms with Gasteiger partial charge in [-0.25, -0.2) is 9.97 Å². The van der Waals surface area contributed by atoms with Crippen LogP contribution in [0.3, 0.4) is 0 Å². The van der Waals surface area contributed by atoms with Gasteiger partial charge in [0.05, 0.1) is 11.9 Å². The number of carbonyl (C=O) groups excluding carboxylic acids is 2. The summed E-state index contributed by atoms with van der Waals surface area (Å²) in [7, 11) is 2.06. The van der Waals surface area contributed by atoms with E-state index in [9.17, 15) is 14.7 Å². The molecule has 0 unspecified atom stereocenters.